The van der Waals surface area contributed by atoms with Crippen LogP contribution >= 0.6 is 0 Å². The number of nitrogens with zero attached hydrogens (tertiary/aromatic N) is 1. The predicted molar refractivity (Wildman–Crippen MR) is 93.0 cm³/mol. The number of carbonyl (C=O) groups is 3. The van der Waals surface area contributed by atoms with Gasteiger partial charge < -0.3 is 14.4 Å². The third kappa shape index (κ3) is 6.01. The van der Waals surface area contributed by atoms with Gasteiger partial charge in [0.1, 0.15) is 11.4 Å². The summed E-state index contributed by atoms with van der Waals surface area (Å²) in [6.07, 6.45) is 3.56. The van der Waals surface area contributed by atoms with Crippen LogP contribution in [-0.2, 0) is 19.1 Å². The highest BCUT2D eigenvalue weighted by molar-refractivity contribution is 5.91. The molecule has 142 valence electrons. The monoisotopic (exact) mass is 353 g/mol. The summed E-state index contributed by atoms with van der Waals surface area (Å²) >= 11 is 0. The fourth-order valence-electron chi connectivity index (χ4n) is 3.32. The average Bonchev–Trinajstić information content (AvgIpc) is 3.32. The molecule has 1 amide bonds. The number of likely N-dealkylation sites (tertiary alicyclic amines) is 1. The predicted octanol–water partition coefficient (Wildman–Crippen LogP) is 3.18. The Morgan fingerprint density at radius 2 is 1.72 bits per heavy atom. The molecule has 2 fully saturated rings. The van der Waals surface area contributed by atoms with E-state index in [2.05, 4.69) is 0 Å². The number of hydrogen-bond donors (Lipinski definition) is 0. The van der Waals surface area contributed by atoms with E-state index in [-0.39, 0.29) is 29.7 Å². The molecule has 0 aromatic heterocycles. The van der Waals surface area contributed by atoms with Crippen LogP contribution in [0.4, 0.5) is 4.79 Å². The van der Waals surface area contributed by atoms with Gasteiger partial charge in [0.2, 0.25) is 0 Å². The lowest BCUT2D eigenvalue weighted by Gasteiger charge is -2.33. The molecule has 1 aliphatic carbocycles. The molecule has 0 aromatic carbocycles. The number of amides is 1. The second-order valence-electron chi connectivity index (χ2n) is 8.12. The molecule has 0 aromatic rings. The Balaban J connectivity index is 1.65. The van der Waals surface area contributed by atoms with Crippen molar-refractivity contribution in [1.29, 1.82) is 0 Å². The first kappa shape index (κ1) is 19.7. The molecule has 2 rings (SSSR count). The summed E-state index contributed by atoms with van der Waals surface area (Å²) in [5.74, 6) is 0.0870. The van der Waals surface area contributed by atoms with E-state index in [0.29, 0.717) is 38.5 Å². The molecule has 6 heteroatoms. The van der Waals surface area contributed by atoms with Gasteiger partial charge in [-0.25, -0.2) is 4.79 Å². The summed E-state index contributed by atoms with van der Waals surface area (Å²) in [6, 6.07) is 0. The van der Waals surface area contributed by atoms with Crippen molar-refractivity contribution < 1.29 is 23.9 Å². The first-order valence-corrected chi connectivity index (χ1v) is 9.38. The highest BCUT2D eigenvalue weighted by Crippen LogP contribution is 2.41. The number of rotatable bonds is 6. The van der Waals surface area contributed by atoms with Gasteiger partial charge in [0.25, 0.3) is 0 Å². The fourth-order valence-corrected chi connectivity index (χ4v) is 3.32. The quantitative estimate of drug-likeness (QED) is 0.686. The zero-order valence-electron chi connectivity index (χ0n) is 15.9. The number of Topliss-reactive ketones (excluding diaryl/α,β-unsaturated/α-hetero) is 1. The van der Waals surface area contributed by atoms with Crippen molar-refractivity contribution in [3.05, 3.63) is 0 Å². The van der Waals surface area contributed by atoms with Gasteiger partial charge in [-0.1, -0.05) is 0 Å². The number of carbonyl (C=O) groups excluding carboxylic acids is 3. The maximum atomic E-state index is 12.2. The van der Waals surface area contributed by atoms with Crippen LogP contribution in [0.3, 0.4) is 0 Å². The molecule has 1 saturated carbocycles. The SMILES string of the molecule is CCOC(=O)[C@H]1C[C@@H]1C(=O)CCC1CCN(C(=O)OC(C)(C)C)CC1. The normalized spacial score (nSPS) is 23.9. The lowest BCUT2D eigenvalue weighted by Crippen LogP contribution is -2.41. The molecule has 0 unspecified atom stereocenters. The molecule has 6 nitrogen and oxygen atoms in total. The fraction of sp³-hybridized carbons (Fsp3) is 0.842. The first-order chi connectivity index (χ1) is 11.7. The zero-order valence-corrected chi connectivity index (χ0v) is 15.9. The van der Waals surface area contributed by atoms with E-state index >= 15 is 0 Å². The summed E-state index contributed by atoms with van der Waals surface area (Å²) < 4.78 is 10.4. The van der Waals surface area contributed by atoms with E-state index in [1.807, 2.05) is 20.8 Å². The molecule has 0 bridgehead atoms. The van der Waals surface area contributed by atoms with Crippen LogP contribution in [0.25, 0.3) is 0 Å². The Bertz CT molecular complexity index is 502. The Morgan fingerprint density at radius 1 is 1.08 bits per heavy atom. The number of piperidine rings is 1. The Morgan fingerprint density at radius 3 is 2.28 bits per heavy atom. The molecular weight excluding hydrogens is 322 g/mol. The maximum absolute atomic E-state index is 12.2. The largest absolute Gasteiger partial charge is 0.466 e. The van der Waals surface area contributed by atoms with E-state index in [0.717, 1.165) is 19.3 Å². The molecule has 1 heterocycles. The summed E-state index contributed by atoms with van der Waals surface area (Å²) in [5, 5.41) is 0. The van der Waals surface area contributed by atoms with Gasteiger partial charge in [-0.2, -0.15) is 0 Å². The summed E-state index contributed by atoms with van der Waals surface area (Å²) in [4.78, 5) is 37.6. The average molecular weight is 353 g/mol. The molecule has 1 aliphatic heterocycles. The van der Waals surface area contributed by atoms with Crippen LogP contribution in [0.2, 0.25) is 0 Å². The summed E-state index contributed by atoms with van der Waals surface area (Å²) in [7, 11) is 0. The third-order valence-electron chi connectivity index (χ3n) is 4.86. The van der Waals surface area contributed by atoms with Gasteiger partial charge >= 0.3 is 12.1 Å². The lowest BCUT2D eigenvalue weighted by atomic mass is 9.91. The van der Waals surface area contributed by atoms with Crippen molar-refractivity contribution in [2.75, 3.05) is 19.7 Å². The minimum atomic E-state index is -0.472. The van der Waals surface area contributed by atoms with Gasteiger partial charge in [-0.15, -0.1) is 0 Å². The maximum Gasteiger partial charge on any atom is 0.410 e. The van der Waals surface area contributed by atoms with Crippen LogP contribution in [0.5, 0.6) is 0 Å². The molecule has 1 saturated heterocycles. The standard InChI is InChI=1S/C19H31NO5/c1-5-24-17(22)15-12-14(15)16(21)7-6-13-8-10-20(11-9-13)18(23)25-19(2,3)4/h13-15H,5-12H2,1-4H3/t14-,15-/m0/s1. The van der Waals surface area contributed by atoms with Gasteiger partial charge in [0.05, 0.1) is 12.5 Å². The molecule has 2 atom stereocenters. The second-order valence-corrected chi connectivity index (χ2v) is 8.12. The van der Waals surface area contributed by atoms with Gasteiger partial charge in [-0.3, -0.25) is 9.59 Å². The van der Waals surface area contributed by atoms with E-state index in [1.165, 1.54) is 0 Å². The minimum absolute atomic E-state index is 0.124. The van der Waals surface area contributed by atoms with E-state index < -0.39 is 5.60 Å². The lowest BCUT2D eigenvalue weighted by molar-refractivity contribution is -0.145. The molecular formula is C19H31NO5. The van der Waals surface area contributed by atoms with E-state index in [9.17, 15) is 14.4 Å². The zero-order chi connectivity index (χ0) is 18.6. The number of ketones is 1. The first-order valence-electron chi connectivity index (χ1n) is 9.38. The van der Waals surface area contributed by atoms with Crippen LogP contribution in [0, 0.1) is 17.8 Å². The van der Waals surface area contributed by atoms with Crippen LogP contribution in [0.15, 0.2) is 0 Å². The van der Waals surface area contributed by atoms with Crippen LogP contribution in [-0.4, -0.2) is 48.0 Å². The van der Waals surface area contributed by atoms with Crippen molar-refractivity contribution in [2.24, 2.45) is 17.8 Å². The molecule has 0 N–H and O–H groups in total. The second kappa shape index (κ2) is 8.19. The van der Waals surface area contributed by atoms with Gasteiger partial charge in [-0.05, 0) is 59.3 Å². The summed E-state index contributed by atoms with van der Waals surface area (Å²) in [6.45, 7) is 9.11. The van der Waals surface area contributed by atoms with E-state index in [1.54, 1.807) is 11.8 Å². The highest BCUT2D eigenvalue weighted by atomic mass is 16.6. The molecule has 25 heavy (non-hydrogen) atoms. The number of hydrogen-bond acceptors (Lipinski definition) is 5. The highest BCUT2D eigenvalue weighted by Gasteiger charge is 2.48. The molecule has 0 radical (unpaired) electrons. The van der Waals surface area contributed by atoms with Gasteiger partial charge in [0, 0.05) is 25.4 Å². The van der Waals surface area contributed by atoms with Gasteiger partial charge in [0.15, 0.2) is 0 Å². The van der Waals surface area contributed by atoms with Crippen molar-refractivity contribution in [3.8, 4) is 0 Å². The third-order valence-corrected chi connectivity index (χ3v) is 4.86. The van der Waals surface area contributed by atoms with Crippen molar-refractivity contribution in [2.45, 2.75) is 65.4 Å². The molecule has 2 aliphatic rings. The topological polar surface area (TPSA) is 72.9 Å². The minimum Gasteiger partial charge on any atom is -0.466 e. The van der Waals surface area contributed by atoms with Crippen LogP contribution in [0.1, 0.15) is 59.8 Å². The number of esters is 1. The molecule has 0 spiro atoms. The Kier molecular flexibility index (Phi) is 6.47. The Hall–Kier alpha value is -1.59. The smallest absolute Gasteiger partial charge is 0.410 e. The number of ether oxygens (including phenoxy) is 2. The van der Waals surface area contributed by atoms with Crippen molar-refractivity contribution >= 4 is 17.8 Å². The van der Waals surface area contributed by atoms with Crippen molar-refractivity contribution in [3.63, 3.8) is 0 Å². The van der Waals surface area contributed by atoms with Crippen LogP contribution < -0.4 is 0 Å². The van der Waals surface area contributed by atoms with E-state index in [4.69, 9.17) is 9.47 Å². The summed E-state index contributed by atoms with van der Waals surface area (Å²) in [5.41, 5.74) is -0.472. The Labute approximate surface area is 150 Å². The van der Waals surface area contributed by atoms with Crippen molar-refractivity contribution in [1.82, 2.24) is 4.90 Å².